The first kappa shape index (κ1) is 31.6. The largest absolute Gasteiger partial charge is 0.481 e. The van der Waals surface area contributed by atoms with Crippen LogP contribution in [0, 0.1) is 0 Å². The summed E-state index contributed by atoms with van der Waals surface area (Å²) in [6, 6.07) is 6.73. The molecule has 1 aliphatic heterocycles. The Bertz CT molecular complexity index is 691. The van der Waals surface area contributed by atoms with Gasteiger partial charge in [0.1, 0.15) is 0 Å². The molecule has 33 heavy (non-hydrogen) atoms. The van der Waals surface area contributed by atoms with Crippen molar-refractivity contribution in [3.05, 3.63) is 29.8 Å². The number of hydrogen-bond donors (Lipinski definition) is 3. The molecule has 1 heterocycles. The molecule has 0 aliphatic carbocycles. The van der Waals surface area contributed by atoms with Gasteiger partial charge in [0.25, 0.3) is 10.1 Å². The van der Waals surface area contributed by atoms with Crippen molar-refractivity contribution in [2.45, 2.75) is 115 Å². The number of aryl methyl sites for hydroxylation is 1. The smallest absolute Gasteiger partial charge is 0.303 e. The molecule has 3 N–H and O–H groups in total. The maximum Gasteiger partial charge on any atom is 0.303 e. The van der Waals surface area contributed by atoms with Gasteiger partial charge in [-0.05, 0) is 50.4 Å². The predicted molar refractivity (Wildman–Crippen MR) is 136 cm³/mol. The third kappa shape index (κ3) is 19.7. The maximum atomic E-state index is 11.3. The summed E-state index contributed by atoms with van der Waals surface area (Å²) in [7, 11) is -4.10. The minimum atomic E-state index is -4.10. The number of carboxylic acids is 1. The van der Waals surface area contributed by atoms with Gasteiger partial charge < -0.3 is 10.4 Å². The van der Waals surface area contributed by atoms with Crippen LogP contribution in [0.25, 0.3) is 0 Å². The van der Waals surface area contributed by atoms with E-state index in [-0.39, 0.29) is 11.3 Å². The molecule has 0 saturated carbocycles. The second kappa shape index (κ2) is 21.1. The number of carboxylic acid groups (broad SMARTS) is 1. The number of unbranched alkanes of at least 4 members (excludes halogenated alkanes) is 9. The molecule has 0 spiro atoms. The summed E-state index contributed by atoms with van der Waals surface area (Å²) in [5.41, 5.74) is 0.726. The van der Waals surface area contributed by atoms with Crippen molar-refractivity contribution in [2.24, 2.45) is 0 Å². The van der Waals surface area contributed by atoms with E-state index in [0.29, 0.717) is 6.42 Å². The highest BCUT2D eigenvalue weighted by atomic mass is 32.2. The van der Waals surface area contributed by atoms with Gasteiger partial charge in [-0.25, -0.2) is 0 Å². The van der Waals surface area contributed by atoms with Crippen molar-refractivity contribution >= 4 is 16.1 Å². The van der Waals surface area contributed by atoms with Crippen molar-refractivity contribution in [2.75, 3.05) is 13.1 Å². The van der Waals surface area contributed by atoms with Gasteiger partial charge in [-0.15, -0.1) is 0 Å². The average molecular weight is 486 g/mol. The molecule has 0 unspecified atom stereocenters. The van der Waals surface area contributed by atoms with Crippen LogP contribution in [0.15, 0.2) is 29.2 Å². The van der Waals surface area contributed by atoms with Crippen molar-refractivity contribution in [3.8, 4) is 0 Å². The number of piperidine rings is 1. The Morgan fingerprint density at radius 3 is 1.73 bits per heavy atom. The monoisotopic (exact) mass is 485 g/mol. The molecule has 0 amide bonds. The molecular weight excluding hydrogens is 438 g/mol. The van der Waals surface area contributed by atoms with Crippen LogP contribution in [0.4, 0.5) is 0 Å². The summed E-state index contributed by atoms with van der Waals surface area (Å²) in [6.07, 6.45) is 17.7. The zero-order valence-corrected chi connectivity index (χ0v) is 21.7. The zero-order chi connectivity index (χ0) is 24.8. The zero-order valence-electron chi connectivity index (χ0n) is 20.9. The van der Waals surface area contributed by atoms with Crippen molar-refractivity contribution in [3.63, 3.8) is 0 Å². The number of nitrogens with one attached hydrogen (secondary N) is 1. The highest BCUT2D eigenvalue weighted by Crippen LogP contribution is 2.18. The maximum absolute atomic E-state index is 11.3. The van der Waals surface area contributed by atoms with Crippen molar-refractivity contribution < 1.29 is 22.9 Å². The molecular formula is C26H47NO5S. The van der Waals surface area contributed by atoms with Gasteiger partial charge in [0, 0.05) is 6.42 Å². The third-order valence-corrected chi connectivity index (χ3v) is 6.51. The van der Waals surface area contributed by atoms with Gasteiger partial charge in [0.2, 0.25) is 0 Å². The Morgan fingerprint density at radius 1 is 0.848 bits per heavy atom. The van der Waals surface area contributed by atoms with Crippen LogP contribution in [-0.2, 0) is 21.3 Å². The second-order valence-electron chi connectivity index (χ2n) is 8.57. The number of hydrogen-bond acceptors (Lipinski definition) is 4. The lowest BCUT2D eigenvalue weighted by molar-refractivity contribution is -0.136. The van der Waals surface area contributed by atoms with E-state index in [2.05, 4.69) is 12.2 Å². The summed E-state index contributed by atoms with van der Waals surface area (Å²) in [4.78, 5) is 9.43. The normalized spacial score (nSPS) is 13.3. The Kier molecular flexibility index (Phi) is 20.2. The summed E-state index contributed by atoms with van der Waals surface area (Å²) in [5, 5.41) is 11.0. The molecule has 1 fully saturated rings. The fraction of sp³-hybridized carbons (Fsp3) is 0.731. The summed E-state index contributed by atoms with van der Waals surface area (Å²) in [6.45, 7) is 6.34. The Morgan fingerprint density at radius 2 is 1.33 bits per heavy atom. The van der Waals surface area contributed by atoms with Gasteiger partial charge in [-0.3, -0.25) is 9.35 Å². The molecule has 0 radical (unpaired) electrons. The highest BCUT2D eigenvalue weighted by molar-refractivity contribution is 7.85. The molecule has 0 atom stereocenters. The second-order valence-corrected chi connectivity index (χ2v) is 9.96. The third-order valence-electron chi connectivity index (χ3n) is 5.56. The van der Waals surface area contributed by atoms with E-state index >= 15 is 0 Å². The van der Waals surface area contributed by atoms with Gasteiger partial charge in [-0.2, -0.15) is 8.42 Å². The first-order chi connectivity index (χ1) is 15.8. The quantitative estimate of drug-likeness (QED) is 0.214. The summed E-state index contributed by atoms with van der Waals surface area (Å²) >= 11 is 0. The van der Waals surface area contributed by atoms with Gasteiger partial charge in [-0.1, -0.05) is 96.3 Å². The van der Waals surface area contributed by atoms with E-state index in [1.165, 1.54) is 89.8 Å². The molecule has 2 rings (SSSR count). The van der Waals surface area contributed by atoms with E-state index < -0.39 is 16.1 Å². The number of rotatable bonds is 13. The van der Waals surface area contributed by atoms with Crippen molar-refractivity contribution in [1.82, 2.24) is 5.32 Å². The van der Waals surface area contributed by atoms with Crippen LogP contribution in [0.5, 0.6) is 0 Å². The predicted octanol–water partition coefficient (Wildman–Crippen LogP) is 6.64. The molecule has 7 heteroatoms. The molecule has 1 aromatic carbocycles. The van der Waals surface area contributed by atoms with Gasteiger partial charge in [0.15, 0.2) is 0 Å². The van der Waals surface area contributed by atoms with E-state index in [0.717, 1.165) is 18.4 Å². The Hall–Kier alpha value is -1.44. The first-order valence-electron chi connectivity index (χ1n) is 12.8. The molecule has 1 saturated heterocycles. The van der Waals surface area contributed by atoms with E-state index in [1.54, 1.807) is 19.1 Å². The van der Waals surface area contributed by atoms with Crippen LogP contribution < -0.4 is 5.32 Å². The van der Waals surface area contributed by atoms with Crippen LogP contribution in [0.1, 0.15) is 109 Å². The highest BCUT2D eigenvalue weighted by Gasteiger charge is 2.13. The number of benzene rings is 1. The van der Waals surface area contributed by atoms with E-state index in [1.807, 2.05) is 6.07 Å². The first-order valence-corrected chi connectivity index (χ1v) is 14.2. The standard InChI is InChI=1S/C18H30O3S.C5H11N.C3H6O2/c1-2-3-4-5-6-7-8-9-10-11-14-17-15-12-13-16-18(17)22(19,20)21;1-2-4-6-5-3-1;1-2-3(4)5/h12-13,15-16H,2-11,14H2,1H3,(H,19,20,21);6H,1-5H2;2H2,1H3,(H,4,5). The lowest BCUT2D eigenvalue weighted by atomic mass is 10.0. The van der Waals surface area contributed by atoms with E-state index in [4.69, 9.17) is 5.11 Å². The number of aliphatic carboxylic acids is 1. The molecule has 192 valence electrons. The fourth-order valence-electron chi connectivity index (χ4n) is 3.57. The lowest BCUT2D eigenvalue weighted by Gasteiger charge is -2.08. The molecule has 1 aliphatic rings. The fourth-order valence-corrected chi connectivity index (χ4v) is 4.32. The molecule has 0 bridgehead atoms. The van der Waals surface area contributed by atoms with Crippen LogP contribution in [-0.4, -0.2) is 37.1 Å². The Labute approximate surface area is 202 Å². The van der Waals surface area contributed by atoms with E-state index in [9.17, 15) is 17.8 Å². The van der Waals surface area contributed by atoms with Crippen LogP contribution in [0.3, 0.4) is 0 Å². The summed E-state index contributed by atoms with van der Waals surface area (Å²) < 4.78 is 31.8. The van der Waals surface area contributed by atoms with Gasteiger partial charge in [0.05, 0.1) is 4.90 Å². The van der Waals surface area contributed by atoms with Crippen LogP contribution >= 0.6 is 0 Å². The Balaban J connectivity index is 0.000000757. The topological polar surface area (TPSA) is 104 Å². The lowest BCUT2D eigenvalue weighted by Crippen LogP contribution is -2.21. The SMILES string of the molecule is C1CCNCC1.CCC(=O)O.CCCCCCCCCCCCc1ccccc1S(=O)(=O)O. The van der Waals surface area contributed by atoms with Gasteiger partial charge >= 0.3 is 5.97 Å². The number of carbonyl (C=O) groups is 1. The molecule has 1 aromatic rings. The van der Waals surface area contributed by atoms with Crippen LogP contribution in [0.2, 0.25) is 0 Å². The minimum Gasteiger partial charge on any atom is -0.481 e. The average Bonchev–Trinajstić information content (AvgIpc) is 2.82. The minimum absolute atomic E-state index is 0.0610. The molecule has 0 aromatic heterocycles. The molecule has 6 nitrogen and oxygen atoms in total. The van der Waals surface area contributed by atoms with Crippen molar-refractivity contribution in [1.29, 1.82) is 0 Å². The summed E-state index contributed by atoms with van der Waals surface area (Å²) in [5.74, 6) is -0.745.